The lowest BCUT2D eigenvalue weighted by Crippen LogP contribution is -2.52. The molecule has 112 valence electrons. The van der Waals surface area contributed by atoms with Crippen LogP contribution in [0.3, 0.4) is 0 Å². The number of aryl methyl sites for hydroxylation is 1. The molecule has 0 radical (unpaired) electrons. The Morgan fingerprint density at radius 1 is 1.40 bits per heavy atom. The Bertz CT molecular complexity index is 437. The van der Waals surface area contributed by atoms with Gasteiger partial charge in [-0.1, -0.05) is 13.8 Å². The Labute approximate surface area is 124 Å². The Balaban J connectivity index is 1.91. The number of aromatic nitrogens is 1. The number of aliphatic hydroxyl groups excluding tert-OH is 1. The molecular weight excluding hydrogens is 274 g/mol. The lowest BCUT2D eigenvalue weighted by molar-refractivity contribution is 0.0476. The van der Waals surface area contributed by atoms with E-state index in [1.165, 1.54) is 11.3 Å². The molecule has 20 heavy (non-hydrogen) atoms. The van der Waals surface area contributed by atoms with Crippen LogP contribution in [0, 0.1) is 0 Å². The molecule has 1 aromatic heterocycles. The van der Waals surface area contributed by atoms with E-state index in [-0.39, 0.29) is 18.6 Å². The first-order valence-corrected chi connectivity index (χ1v) is 8.10. The number of amides is 1. The fourth-order valence-electron chi connectivity index (χ4n) is 2.52. The average Bonchev–Trinajstić information content (AvgIpc) is 2.97. The van der Waals surface area contributed by atoms with E-state index in [1.807, 2.05) is 11.8 Å². The molecule has 0 saturated carbocycles. The van der Waals surface area contributed by atoms with Crippen LogP contribution in [0.1, 0.15) is 34.9 Å². The lowest BCUT2D eigenvalue weighted by atomic mass is 10.1. The third kappa shape index (κ3) is 3.37. The topological polar surface area (TPSA) is 56.7 Å². The lowest BCUT2D eigenvalue weighted by Gasteiger charge is -2.38. The third-order valence-corrected chi connectivity index (χ3v) is 5.00. The van der Waals surface area contributed by atoms with Crippen molar-refractivity contribution in [1.82, 2.24) is 14.8 Å². The Morgan fingerprint density at radius 2 is 2.10 bits per heavy atom. The second-order valence-corrected chi connectivity index (χ2v) is 6.16. The van der Waals surface area contributed by atoms with E-state index in [4.69, 9.17) is 0 Å². The molecule has 6 heteroatoms. The molecule has 1 atom stereocenters. The van der Waals surface area contributed by atoms with Gasteiger partial charge in [-0.2, -0.15) is 0 Å². The first-order chi connectivity index (χ1) is 9.69. The molecule has 1 aromatic rings. The minimum absolute atomic E-state index is 0.0962. The predicted octanol–water partition coefficient (Wildman–Crippen LogP) is 1.23. The minimum Gasteiger partial charge on any atom is -0.395 e. The van der Waals surface area contributed by atoms with Crippen molar-refractivity contribution in [3.8, 4) is 0 Å². The fraction of sp³-hybridized carbons (Fsp3) is 0.714. The van der Waals surface area contributed by atoms with Crippen LogP contribution in [-0.4, -0.2) is 64.6 Å². The molecule has 1 N–H and O–H groups in total. The van der Waals surface area contributed by atoms with Crippen molar-refractivity contribution in [2.45, 2.75) is 32.7 Å². The number of aliphatic hydroxyl groups is 1. The molecule has 5 nitrogen and oxygen atoms in total. The van der Waals surface area contributed by atoms with Gasteiger partial charge in [0.25, 0.3) is 5.91 Å². The Hall–Kier alpha value is -0.980. The third-order valence-electron chi connectivity index (χ3n) is 3.87. The van der Waals surface area contributed by atoms with Gasteiger partial charge in [-0.3, -0.25) is 9.69 Å². The van der Waals surface area contributed by atoms with Crippen LogP contribution >= 0.6 is 11.3 Å². The van der Waals surface area contributed by atoms with E-state index in [0.717, 1.165) is 48.9 Å². The highest BCUT2D eigenvalue weighted by Gasteiger charge is 2.26. The SMILES string of the molecule is CCc1ncc(C(=O)N2CCN(C(CC)CO)CC2)s1. The Kier molecular flexibility index (Phi) is 5.51. The molecule has 0 aromatic carbocycles. The van der Waals surface area contributed by atoms with E-state index >= 15 is 0 Å². The number of thiazole rings is 1. The summed E-state index contributed by atoms with van der Waals surface area (Å²) in [6.07, 6.45) is 3.51. The van der Waals surface area contributed by atoms with Gasteiger partial charge in [0.2, 0.25) is 0 Å². The van der Waals surface area contributed by atoms with Gasteiger partial charge in [-0.05, 0) is 12.8 Å². The van der Waals surface area contributed by atoms with Gasteiger partial charge in [0, 0.05) is 32.2 Å². The van der Waals surface area contributed by atoms with Gasteiger partial charge >= 0.3 is 0 Å². The van der Waals surface area contributed by atoms with Gasteiger partial charge < -0.3 is 10.0 Å². The maximum atomic E-state index is 12.4. The van der Waals surface area contributed by atoms with E-state index < -0.39 is 0 Å². The van der Waals surface area contributed by atoms with Crippen LogP contribution in [0.4, 0.5) is 0 Å². The van der Waals surface area contributed by atoms with Gasteiger partial charge in [0.1, 0.15) is 4.88 Å². The Morgan fingerprint density at radius 3 is 2.60 bits per heavy atom. The molecule has 0 aliphatic carbocycles. The number of carbonyl (C=O) groups excluding carboxylic acids is 1. The zero-order chi connectivity index (χ0) is 14.5. The van der Waals surface area contributed by atoms with Crippen molar-refractivity contribution >= 4 is 17.2 Å². The molecule has 0 spiro atoms. The standard InChI is InChI=1S/C14H23N3O2S/c1-3-11(10-18)16-5-7-17(8-6-16)14(19)12-9-15-13(4-2)20-12/h9,11,18H,3-8,10H2,1-2H3. The average molecular weight is 297 g/mol. The quantitative estimate of drug-likeness (QED) is 0.888. The summed E-state index contributed by atoms with van der Waals surface area (Å²) in [7, 11) is 0. The van der Waals surface area contributed by atoms with Crippen LogP contribution < -0.4 is 0 Å². The summed E-state index contributed by atoms with van der Waals surface area (Å²) in [6.45, 7) is 7.46. The van der Waals surface area contributed by atoms with Crippen molar-refractivity contribution in [3.05, 3.63) is 16.1 Å². The molecule has 2 rings (SSSR count). The largest absolute Gasteiger partial charge is 0.395 e. The first kappa shape index (κ1) is 15.4. The predicted molar refractivity (Wildman–Crippen MR) is 80.1 cm³/mol. The molecule has 1 aliphatic rings. The summed E-state index contributed by atoms with van der Waals surface area (Å²) in [5, 5.41) is 10.3. The van der Waals surface area contributed by atoms with Gasteiger partial charge in [0.05, 0.1) is 17.8 Å². The molecule has 0 bridgehead atoms. The molecular formula is C14H23N3O2S. The molecule has 2 heterocycles. The highest BCUT2D eigenvalue weighted by atomic mass is 32.1. The number of rotatable bonds is 5. The number of nitrogens with zero attached hydrogens (tertiary/aromatic N) is 3. The zero-order valence-electron chi connectivity index (χ0n) is 12.2. The van der Waals surface area contributed by atoms with E-state index in [1.54, 1.807) is 6.20 Å². The van der Waals surface area contributed by atoms with E-state index in [2.05, 4.69) is 16.8 Å². The summed E-state index contributed by atoms with van der Waals surface area (Å²) in [4.78, 5) is 21.5. The molecule has 1 aliphatic heterocycles. The van der Waals surface area contributed by atoms with Crippen molar-refractivity contribution < 1.29 is 9.90 Å². The molecule has 1 saturated heterocycles. The summed E-state index contributed by atoms with van der Waals surface area (Å²) < 4.78 is 0. The van der Waals surface area contributed by atoms with Gasteiger partial charge in [0.15, 0.2) is 0 Å². The minimum atomic E-state index is 0.0962. The number of piperazine rings is 1. The second kappa shape index (κ2) is 7.15. The number of hydrogen-bond donors (Lipinski definition) is 1. The molecule has 1 unspecified atom stereocenters. The van der Waals surface area contributed by atoms with Crippen LogP contribution in [0.5, 0.6) is 0 Å². The van der Waals surface area contributed by atoms with Crippen LogP contribution in [0.2, 0.25) is 0 Å². The van der Waals surface area contributed by atoms with Crippen molar-refractivity contribution in [2.24, 2.45) is 0 Å². The van der Waals surface area contributed by atoms with Crippen LogP contribution in [-0.2, 0) is 6.42 Å². The summed E-state index contributed by atoms with van der Waals surface area (Å²) >= 11 is 1.49. The molecule has 1 fully saturated rings. The molecule has 1 amide bonds. The summed E-state index contributed by atoms with van der Waals surface area (Å²) in [6, 6.07) is 0.224. The van der Waals surface area contributed by atoms with Gasteiger partial charge in [-0.15, -0.1) is 11.3 Å². The maximum Gasteiger partial charge on any atom is 0.265 e. The maximum absolute atomic E-state index is 12.4. The van der Waals surface area contributed by atoms with Crippen LogP contribution in [0.15, 0.2) is 6.20 Å². The van der Waals surface area contributed by atoms with E-state index in [9.17, 15) is 9.90 Å². The first-order valence-electron chi connectivity index (χ1n) is 7.28. The normalized spacial score (nSPS) is 18.2. The van der Waals surface area contributed by atoms with Crippen molar-refractivity contribution in [2.75, 3.05) is 32.8 Å². The van der Waals surface area contributed by atoms with E-state index in [0.29, 0.717) is 0 Å². The van der Waals surface area contributed by atoms with Crippen molar-refractivity contribution in [1.29, 1.82) is 0 Å². The monoisotopic (exact) mass is 297 g/mol. The smallest absolute Gasteiger partial charge is 0.265 e. The van der Waals surface area contributed by atoms with Gasteiger partial charge in [-0.25, -0.2) is 4.98 Å². The summed E-state index contributed by atoms with van der Waals surface area (Å²) in [5.41, 5.74) is 0. The number of hydrogen-bond acceptors (Lipinski definition) is 5. The second-order valence-electron chi connectivity index (χ2n) is 5.04. The highest BCUT2D eigenvalue weighted by Crippen LogP contribution is 2.17. The highest BCUT2D eigenvalue weighted by molar-refractivity contribution is 7.13. The zero-order valence-corrected chi connectivity index (χ0v) is 13.0. The number of carbonyl (C=O) groups is 1. The summed E-state index contributed by atoms with van der Waals surface area (Å²) in [5.74, 6) is 0.0962. The van der Waals surface area contributed by atoms with Crippen molar-refractivity contribution in [3.63, 3.8) is 0 Å². The fourth-order valence-corrected chi connectivity index (χ4v) is 3.35. The van der Waals surface area contributed by atoms with Crippen LogP contribution in [0.25, 0.3) is 0 Å².